The van der Waals surface area contributed by atoms with Gasteiger partial charge >= 0.3 is 0 Å². The third-order valence-electron chi connectivity index (χ3n) is 3.25. The van der Waals surface area contributed by atoms with Gasteiger partial charge in [0, 0.05) is 15.7 Å². The maximum atomic E-state index is 12.4. The highest BCUT2D eigenvalue weighted by Gasteiger charge is 2.13. The van der Waals surface area contributed by atoms with Gasteiger partial charge in [-0.1, -0.05) is 27.5 Å². The summed E-state index contributed by atoms with van der Waals surface area (Å²) in [6.45, 7) is 0. The predicted octanol–water partition coefficient (Wildman–Crippen LogP) is 4.67. The molecule has 0 bridgehead atoms. The molecule has 128 valence electrons. The Morgan fingerprint density at radius 1 is 1.24 bits per heavy atom. The van der Waals surface area contributed by atoms with Gasteiger partial charge in [0.15, 0.2) is 0 Å². The number of anilines is 1. The summed E-state index contributed by atoms with van der Waals surface area (Å²) in [6, 6.07) is 12.1. The Labute approximate surface area is 158 Å². The number of nitrogens with zero attached hydrogens (tertiary/aromatic N) is 1. The Kier molecular flexibility index (Phi) is 6.45. The fourth-order valence-electron chi connectivity index (χ4n) is 2.08. The van der Waals surface area contributed by atoms with Gasteiger partial charge in [-0.2, -0.15) is 5.26 Å². The minimum absolute atomic E-state index is 0.0803. The van der Waals surface area contributed by atoms with E-state index in [-0.39, 0.29) is 5.57 Å². The zero-order chi connectivity index (χ0) is 18.4. The first-order chi connectivity index (χ1) is 12.0. The molecule has 2 aromatic rings. The van der Waals surface area contributed by atoms with Crippen LogP contribution in [0.25, 0.3) is 6.08 Å². The van der Waals surface area contributed by atoms with Crippen LogP contribution in [-0.2, 0) is 4.79 Å². The topological polar surface area (TPSA) is 71.3 Å². The second-order valence-electron chi connectivity index (χ2n) is 4.86. The monoisotopic (exact) mass is 420 g/mol. The van der Waals surface area contributed by atoms with Crippen LogP contribution in [0.3, 0.4) is 0 Å². The number of methoxy groups -OCH3 is 2. The Bertz CT molecular complexity index is 858. The molecule has 0 saturated carbocycles. The predicted molar refractivity (Wildman–Crippen MR) is 101 cm³/mol. The molecule has 7 heteroatoms. The zero-order valence-corrected chi connectivity index (χ0v) is 15.8. The summed E-state index contributed by atoms with van der Waals surface area (Å²) in [5, 5.41) is 12.4. The van der Waals surface area contributed by atoms with Crippen molar-refractivity contribution in [1.29, 1.82) is 5.26 Å². The minimum Gasteiger partial charge on any atom is -0.497 e. The average Bonchev–Trinajstić information content (AvgIpc) is 2.59. The van der Waals surface area contributed by atoms with Crippen LogP contribution in [0.2, 0.25) is 5.02 Å². The van der Waals surface area contributed by atoms with E-state index in [4.69, 9.17) is 21.1 Å². The largest absolute Gasteiger partial charge is 0.497 e. The molecule has 0 radical (unpaired) electrons. The molecule has 0 aliphatic heterocycles. The number of carbonyl (C=O) groups is 1. The van der Waals surface area contributed by atoms with E-state index in [2.05, 4.69) is 21.2 Å². The number of carbonyl (C=O) groups excluding carboxylic acids is 1. The quantitative estimate of drug-likeness (QED) is 0.563. The normalized spacial score (nSPS) is 10.8. The van der Waals surface area contributed by atoms with Crippen molar-refractivity contribution in [3.8, 4) is 17.6 Å². The third-order valence-corrected chi connectivity index (χ3v) is 3.99. The molecule has 0 aliphatic rings. The maximum absolute atomic E-state index is 12.4. The van der Waals surface area contributed by atoms with Gasteiger partial charge in [-0.25, -0.2) is 0 Å². The first kappa shape index (κ1) is 18.8. The van der Waals surface area contributed by atoms with Gasteiger partial charge in [-0.3, -0.25) is 4.79 Å². The van der Waals surface area contributed by atoms with Crippen molar-refractivity contribution in [3.63, 3.8) is 0 Å². The van der Waals surface area contributed by atoms with Crippen LogP contribution in [0.4, 0.5) is 5.69 Å². The van der Waals surface area contributed by atoms with Crippen molar-refractivity contribution in [2.24, 2.45) is 0 Å². The van der Waals surface area contributed by atoms with Crippen LogP contribution in [0, 0.1) is 11.3 Å². The van der Waals surface area contributed by atoms with Crippen LogP contribution >= 0.6 is 27.5 Å². The van der Waals surface area contributed by atoms with Crippen molar-refractivity contribution < 1.29 is 14.3 Å². The van der Waals surface area contributed by atoms with Crippen LogP contribution in [-0.4, -0.2) is 20.1 Å². The first-order valence-electron chi connectivity index (χ1n) is 7.08. The van der Waals surface area contributed by atoms with Crippen molar-refractivity contribution in [3.05, 3.63) is 57.0 Å². The lowest BCUT2D eigenvalue weighted by Gasteiger charge is -2.09. The number of amides is 1. The van der Waals surface area contributed by atoms with E-state index in [1.54, 1.807) is 43.5 Å². The highest BCUT2D eigenvalue weighted by atomic mass is 79.9. The van der Waals surface area contributed by atoms with E-state index >= 15 is 0 Å². The number of rotatable bonds is 5. The van der Waals surface area contributed by atoms with E-state index < -0.39 is 5.91 Å². The van der Waals surface area contributed by atoms with E-state index in [0.717, 1.165) is 0 Å². The highest BCUT2D eigenvalue weighted by molar-refractivity contribution is 9.10. The fraction of sp³-hybridized carbons (Fsp3) is 0.111. The number of halogens is 2. The maximum Gasteiger partial charge on any atom is 0.266 e. The molecule has 1 N–H and O–H groups in total. The summed E-state index contributed by atoms with van der Waals surface area (Å²) in [5.74, 6) is 0.517. The summed E-state index contributed by atoms with van der Waals surface area (Å²) in [5.41, 5.74) is 0.984. The SMILES string of the molecule is COc1ccc(NC(=O)/C(C#N)=C/c2cc(Br)cc(Cl)c2OC)cc1. The van der Waals surface area contributed by atoms with E-state index in [9.17, 15) is 10.1 Å². The van der Waals surface area contributed by atoms with E-state index in [1.165, 1.54) is 13.2 Å². The smallest absolute Gasteiger partial charge is 0.266 e. The summed E-state index contributed by atoms with van der Waals surface area (Å²) in [7, 11) is 3.02. The molecular formula is C18H14BrClN2O3. The molecule has 0 aromatic heterocycles. The number of nitriles is 1. The summed E-state index contributed by atoms with van der Waals surface area (Å²) in [6.07, 6.45) is 1.42. The standard InChI is InChI=1S/C18H14BrClN2O3/c1-24-15-5-3-14(4-6-15)22-18(23)12(10-21)7-11-8-13(19)9-16(20)17(11)25-2/h3-9H,1-2H3,(H,22,23)/b12-7+. The molecular weight excluding hydrogens is 408 g/mol. The Balaban J connectivity index is 2.31. The molecule has 25 heavy (non-hydrogen) atoms. The molecule has 0 saturated heterocycles. The lowest BCUT2D eigenvalue weighted by Crippen LogP contribution is -2.13. The lowest BCUT2D eigenvalue weighted by atomic mass is 10.1. The zero-order valence-electron chi connectivity index (χ0n) is 13.5. The summed E-state index contributed by atoms with van der Waals surface area (Å²) < 4.78 is 11.0. The molecule has 5 nitrogen and oxygen atoms in total. The van der Waals surface area contributed by atoms with Gasteiger partial charge in [0.25, 0.3) is 5.91 Å². The number of hydrogen-bond acceptors (Lipinski definition) is 4. The van der Waals surface area contributed by atoms with Gasteiger partial charge in [0.1, 0.15) is 23.1 Å². The second kappa shape index (κ2) is 8.56. The van der Waals surface area contributed by atoms with E-state index in [1.807, 2.05) is 6.07 Å². The number of nitrogens with one attached hydrogen (secondary N) is 1. The van der Waals surface area contributed by atoms with Gasteiger partial charge in [-0.15, -0.1) is 0 Å². The van der Waals surface area contributed by atoms with Gasteiger partial charge in [0.05, 0.1) is 19.2 Å². The number of benzene rings is 2. The Morgan fingerprint density at radius 2 is 1.92 bits per heavy atom. The molecule has 1 amide bonds. The summed E-state index contributed by atoms with van der Waals surface area (Å²) in [4.78, 5) is 12.4. The van der Waals surface area contributed by atoms with Gasteiger partial charge < -0.3 is 14.8 Å². The number of ether oxygens (including phenoxy) is 2. The van der Waals surface area contributed by atoms with Crippen LogP contribution < -0.4 is 14.8 Å². The fourth-order valence-corrected chi connectivity index (χ4v) is 2.99. The van der Waals surface area contributed by atoms with Crippen molar-refractivity contribution in [1.82, 2.24) is 0 Å². The average molecular weight is 422 g/mol. The van der Waals surface area contributed by atoms with Crippen molar-refractivity contribution in [2.75, 3.05) is 19.5 Å². The van der Waals surface area contributed by atoms with Crippen molar-refractivity contribution >= 4 is 45.2 Å². The van der Waals surface area contributed by atoms with Crippen LogP contribution in [0.5, 0.6) is 11.5 Å². The Morgan fingerprint density at radius 3 is 2.48 bits per heavy atom. The molecule has 0 spiro atoms. The molecule has 0 unspecified atom stereocenters. The van der Waals surface area contributed by atoms with Crippen LogP contribution in [0.15, 0.2) is 46.4 Å². The second-order valence-corrected chi connectivity index (χ2v) is 6.19. The van der Waals surface area contributed by atoms with Gasteiger partial charge in [-0.05, 0) is 42.5 Å². The van der Waals surface area contributed by atoms with E-state index in [0.29, 0.717) is 32.2 Å². The first-order valence-corrected chi connectivity index (χ1v) is 8.25. The lowest BCUT2D eigenvalue weighted by molar-refractivity contribution is -0.112. The Hall–Kier alpha value is -2.49. The molecule has 0 atom stereocenters. The van der Waals surface area contributed by atoms with Crippen LogP contribution in [0.1, 0.15) is 5.56 Å². The molecule has 0 aliphatic carbocycles. The molecule has 0 heterocycles. The molecule has 0 fully saturated rings. The number of hydrogen-bond donors (Lipinski definition) is 1. The highest BCUT2D eigenvalue weighted by Crippen LogP contribution is 2.33. The third kappa shape index (κ3) is 4.75. The summed E-state index contributed by atoms with van der Waals surface area (Å²) >= 11 is 9.45. The van der Waals surface area contributed by atoms with Gasteiger partial charge in [0.2, 0.25) is 0 Å². The minimum atomic E-state index is -0.536. The van der Waals surface area contributed by atoms with Crippen molar-refractivity contribution in [2.45, 2.75) is 0 Å². The molecule has 2 aromatic carbocycles. The molecule has 2 rings (SSSR count).